The van der Waals surface area contributed by atoms with E-state index in [-0.39, 0.29) is 5.56 Å². The molecule has 4 heteroatoms. The van der Waals surface area contributed by atoms with Crippen LogP contribution in [0, 0.1) is 36.2 Å². The van der Waals surface area contributed by atoms with Crippen LogP contribution in [-0.4, -0.2) is 7.11 Å². The molecule has 1 nitrogen and oxygen atoms in total. The van der Waals surface area contributed by atoms with Crippen LogP contribution in [0.2, 0.25) is 0 Å². The summed E-state index contributed by atoms with van der Waals surface area (Å²) in [5.74, 6) is 4.05. The van der Waals surface area contributed by atoms with Crippen LogP contribution in [0.4, 0.5) is 13.2 Å². The summed E-state index contributed by atoms with van der Waals surface area (Å²) in [4.78, 5) is 0. The molecule has 0 radical (unpaired) electrons. The molecule has 0 aliphatic heterocycles. The Morgan fingerprint density at radius 3 is 1.92 bits per heavy atom. The largest absolute Gasteiger partial charge is 0.497 e. The minimum Gasteiger partial charge on any atom is -0.497 e. The molecule has 0 N–H and O–H groups in total. The van der Waals surface area contributed by atoms with Crippen molar-refractivity contribution >= 4 is 0 Å². The molecule has 3 rings (SSSR count). The van der Waals surface area contributed by atoms with Crippen molar-refractivity contribution in [1.82, 2.24) is 0 Å². The summed E-state index contributed by atoms with van der Waals surface area (Å²) in [6.07, 6.45) is 0. The summed E-state index contributed by atoms with van der Waals surface area (Å²) in [6.45, 7) is 1.90. The predicted molar refractivity (Wildman–Crippen MR) is 95.5 cm³/mol. The molecule has 0 aliphatic rings. The van der Waals surface area contributed by atoms with Gasteiger partial charge in [-0.25, -0.2) is 13.2 Å². The molecule has 0 fully saturated rings. The molecule has 0 aromatic heterocycles. The Hall–Kier alpha value is -3.19. The Bertz CT molecular complexity index is 1030. The standard InChI is InChI=1S/C22H15F3O/c1-14-11-19(26-2)9-7-15(14)3-4-16-5-6-17(12-21(16)24)18-8-10-20(23)22(25)13-18/h5-13H,1-2H3. The second kappa shape index (κ2) is 7.37. The zero-order chi connectivity index (χ0) is 18.7. The molecule has 3 aromatic rings. The average Bonchev–Trinajstić information content (AvgIpc) is 2.63. The number of aryl methyl sites for hydroxylation is 1. The number of methoxy groups -OCH3 is 1. The lowest BCUT2D eigenvalue weighted by atomic mass is 10.0. The van der Waals surface area contributed by atoms with Gasteiger partial charge in [0.1, 0.15) is 11.6 Å². The van der Waals surface area contributed by atoms with E-state index >= 15 is 0 Å². The van der Waals surface area contributed by atoms with Gasteiger partial charge < -0.3 is 4.74 Å². The molecular weight excluding hydrogens is 337 g/mol. The van der Waals surface area contributed by atoms with E-state index < -0.39 is 17.5 Å². The van der Waals surface area contributed by atoms with E-state index in [9.17, 15) is 13.2 Å². The second-order valence-corrected chi connectivity index (χ2v) is 5.75. The third kappa shape index (κ3) is 3.73. The van der Waals surface area contributed by atoms with E-state index in [1.807, 2.05) is 19.1 Å². The summed E-state index contributed by atoms with van der Waals surface area (Å²) in [5.41, 5.74) is 2.78. The Labute approximate surface area is 150 Å². The van der Waals surface area contributed by atoms with Crippen molar-refractivity contribution < 1.29 is 17.9 Å². The highest BCUT2D eigenvalue weighted by Gasteiger charge is 2.07. The van der Waals surface area contributed by atoms with Gasteiger partial charge in [0.05, 0.1) is 12.7 Å². The first-order valence-corrected chi connectivity index (χ1v) is 7.89. The number of hydrogen-bond donors (Lipinski definition) is 0. The van der Waals surface area contributed by atoms with E-state index in [4.69, 9.17) is 4.74 Å². The lowest BCUT2D eigenvalue weighted by Gasteiger charge is -2.04. The molecular formula is C22H15F3O. The molecule has 0 amide bonds. The van der Waals surface area contributed by atoms with Crippen molar-refractivity contribution in [1.29, 1.82) is 0 Å². The lowest BCUT2D eigenvalue weighted by Crippen LogP contribution is -1.89. The molecule has 0 saturated carbocycles. The van der Waals surface area contributed by atoms with Crippen molar-refractivity contribution in [2.75, 3.05) is 7.11 Å². The van der Waals surface area contributed by atoms with E-state index in [1.165, 1.54) is 18.2 Å². The number of rotatable bonds is 2. The van der Waals surface area contributed by atoms with Crippen molar-refractivity contribution in [2.45, 2.75) is 6.92 Å². The average molecular weight is 352 g/mol. The van der Waals surface area contributed by atoms with Gasteiger partial charge in [-0.05, 0) is 66.1 Å². The van der Waals surface area contributed by atoms with Crippen LogP contribution >= 0.6 is 0 Å². The van der Waals surface area contributed by atoms with Gasteiger partial charge in [-0.1, -0.05) is 24.0 Å². The third-order valence-corrected chi connectivity index (χ3v) is 3.99. The quantitative estimate of drug-likeness (QED) is 0.554. The van der Waals surface area contributed by atoms with E-state index in [2.05, 4.69) is 11.8 Å². The SMILES string of the molecule is COc1ccc(C#Cc2ccc(-c3ccc(F)c(F)c3)cc2F)c(C)c1. The highest BCUT2D eigenvalue weighted by molar-refractivity contribution is 5.65. The lowest BCUT2D eigenvalue weighted by molar-refractivity contribution is 0.414. The van der Waals surface area contributed by atoms with Gasteiger partial charge in [0.2, 0.25) is 0 Å². The zero-order valence-electron chi connectivity index (χ0n) is 14.2. The fourth-order valence-corrected chi connectivity index (χ4v) is 2.51. The number of benzene rings is 3. The van der Waals surface area contributed by atoms with E-state index in [0.29, 0.717) is 11.1 Å². The maximum atomic E-state index is 14.3. The van der Waals surface area contributed by atoms with Crippen LogP contribution in [0.15, 0.2) is 54.6 Å². The van der Waals surface area contributed by atoms with Gasteiger partial charge in [0.25, 0.3) is 0 Å². The van der Waals surface area contributed by atoms with Crippen LogP contribution in [0.3, 0.4) is 0 Å². The summed E-state index contributed by atoms with van der Waals surface area (Å²) >= 11 is 0. The molecule has 0 spiro atoms. The summed E-state index contributed by atoms with van der Waals surface area (Å²) in [5, 5.41) is 0. The van der Waals surface area contributed by atoms with Gasteiger partial charge >= 0.3 is 0 Å². The summed E-state index contributed by atoms with van der Waals surface area (Å²) in [7, 11) is 1.59. The Morgan fingerprint density at radius 2 is 1.31 bits per heavy atom. The molecule has 0 heterocycles. The highest BCUT2D eigenvalue weighted by Crippen LogP contribution is 2.24. The normalized spacial score (nSPS) is 10.2. The summed E-state index contributed by atoms with van der Waals surface area (Å²) in [6, 6.07) is 13.3. The smallest absolute Gasteiger partial charge is 0.159 e. The predicted octanol–water partition coefficient (Wildman–Crippen LogP) is 5.49. The molecule has 0 atom stereocenters. The van der Waals surface area contributed by atoms with Crippen LogP contribution in [0.25, 0.3) is 11.1 Å². The van der Waals surface area contributed by atoms with Gasteiger partial charge in [-0.15, -0.1) is 0 Å². The number of hydrogen-bond acceptors (Lipinski definition) is 1. The van der Waals surface area contributed by atoms with Crippen molar-refractivity contribution in [2.24, 2.45) is 0 Å². The fraction of sp³-hybridized carbons (Fsp3) is 0.0909. The summed E-state index contributed by atoms with van der Waals surface area (Å²) < 4.78 is 45.9. The maximum absolute atomic E-state index is 14.3. The molecule has 0 unspecified atom stereocenters. The zero-order valence-corrected chi connectivity index (χ0v) is 14.2. The van der Waals surface area contributed by atoms with Gasteiger partial charge in [-0.3, -0.25) is 0 Å². The van der Waals surface area contributed by atoms with Crippen LogP contribution in [-0.2, 0) is 0 Å². The van der Waals surface area contributed by atoms with Gasteiger partial charge in [0.15, 0.2) is 11.6 Å². The first kappa shape index (κ1) is 17.6. The van der Waals surface area contributed by atoms with Gasteiger partial charge in [0, 0.05) is 5.56 Å². The highest BCUT2D eigenvalue weighted by atomic mass is 19.2. The first-order valence-electron chi connectivity index (χ1n) is 7.89. The van der Waals surface area contributed by atoms with Crippen LogP contribution < -0.4 is 4.74 Å². The molecule has 26 heavy (non-hydrogen) atoms. The van der Waals surface area contributed by atoms with Crippen LogP contribution in [0.5, 0.6) is 5.75 Å². The third-order valence-electron chi connectivity index (χ3n) is 3.99. The van der Waals surface area contributed by atoms with Crippen LogP contribution in [0.1, 0.15) is 16.7 Å². The maximum Gasteiger partial charge on any atom is 0.159 e. The molecule has 3 aromatic carbocycles. The minimum atomic E-state index is -0.971. The van der Waals surface area contributed by atoms with E-state index in [1.54, 1.807) is 19.2 Å². The Kier molecular flexibility index (Phi) is 4.99. The van der Waals surface area contributed by atoms with E-state index in [0.717, 1.165) is 29.0 Å². The molecule has 0 aliphatic carbocycles. The monoisotopic (exact) mass is 352 g/mol. The number of halogens is 3. The van der Waals surface area contributed by atoms with Gasteiger partial charge in [-0.2, -0.15) is 0 Å². The van der Waals surface area contributed by atoms with Crippen molar-refractivity contribution in [3.8, 4) is 28.7 Å². The minimum absolute atomic E-state index is 0.228. The first-order chi connectivity index (χ1) is 12.5. The number of ether oxygens (including phenoxy) is 1. The molecule has 0 bridgehead atoms. The molecule has 0 saturated heterocycles. The second-order valence-electron chi connectivity index (χ2n) is 5.75. The van der Waals surface area contributed by atoms with Crippen molar-refractivity contribution in [3.63, 3.8) is 0 Å². The van der Waals surface area contributed by atoms with Crippen molar-refractivity contribution in [3.05, 3.63) is 88.7 Å². The fourth-order valence-electron chi connectivity index (χ4n) is 2.51. The molecule has 130 valence electrons. The Morgan fingerprint density at radius 1 is 0.692 bits per heavy atom. The topological polar surface area (TPSA) is 9.23 Å². The Balaban J connectivity index is 1.90.